The molecule has 4 aliphatic rings. The molecule has 1 aliphatic carbocycles. The fraction of sp³-hybridized carbons (Fsp3) is 0.784. The minimum Gasteiger partial charge on any atom is -0.379 e. The van der Waals surface area contributed by atoms with Gasteiger partial charge >= 0.3 is 0 Å². The molecule has 1 saturated carbocycles. The quantitative estimate of drug-likeness (QED) is 0.338. The average Bonchev–Trinajstić information content (AvgIpc) is 3.58. The first-order valence-corrected chi connectivity index (χ1v) is 17.5. The number of benzene rings is 1. The van der Waals surface area contributed by atoms with E-state index in [4.69, 9.17) is 4.74 Å². The lowest BCUT2D eigenvalue weighted by molar-refractivity contribution is -0.129. The van der Waals surface area contributed by atoms with Gasteiger partial charge in [-0.1, -0.05) is 79.0 Å². The Morgan fingerprint density at radius 3 is 1.63 bits per heavy atom. The molecular formula is C37H69N3O3. The number of nitrogens with zero attached hydrogens (tertiary/aromatic N) is 3. The summed E-state index contributed by atoms with van der Waals surface area (Å²) in [7, 11) is 0. The number of rotatable bonds is 5. The normalized spacial score (nSPS) is 17.9. The van der Waals surface area contributed by atoms with Gasteiger partial charge in [-0.15, -0.1) is 0 Å². The van der Waals surface area contributed by atoms with Crippen molar-refractivity contribution in [3.8, 4) is 0 Å². The first-order valence-electron chi connectivity index (χ1n) is 17.5. The molecule has 43 heavy (non-hydrogen) atoms. The van der Waals surface area contributed by atoms with Crippen molar-refractivity contribution in [1.82, 2.24) is 14.7 Å². The number of ether oxygens (including phenoxy) is 1. The predicted octanol–water partition coefficient (Wildman–Crippen LogP) is 8.68. The van der Waals surface area contributed by atoms with Crippen LogP contribution >= 0.6 is 0 Å². The van der Waals surface area contributed by atoms with Crippen LogP contribution in [0.1, 0.15) is 138 Å². The third-order valence-corrected chi connectivity index (χ3v) is 8.01. The van der Waals surface area contributed by atoms with E-state index in [1.165, 1.54) is 25.7 Å². The summed E-state index contributed by atoms with van der Waals surface area (Å²) in [6, 6.07) is 9.21. The van der Waals surface area contributed by atoms with Gasteiger partial charge in [0.1, 0.15) is 0 Å². The SMILES string of the molecule is CC.CC.CC(C)CC1CCC1.CC(C)N1CCCC1=O.CC(C)N1CCOCC1.CC(C)N1Cc2ccccc2C1=O. The van der Waals surface area contributed by atoms with Crippen LogP contribution in [0.15, 0.2) is 24.3 Å². The molecule has 6 nitrogen and oxygen atoms in total. The van der Waals surface area contributed by atoms with Crippen LogP contribution in [0, 0.1) is 11.8 Å². The molecule has 0 unspecified atom stereocenters. The molecule has 3 aliphatic heterocycles. The highest BCUT2D eigenvalue weighted by atomic mass is 16.5. The van der Waals surface area contributed by atoms with Crippen molar-refractivity contribution in [2.75, 3.05) is 32.8 Å². The van der Waals surface area contributed by atoms with Crippen molar-refractivity contribution in [1.29, 1.82) is 0 Å². The molecule has 3 fully saturated rings. The largest absolute Gasteiger partial charge is 0.379 e. The fourth-order valence-electron chi connectivity index (χ4n) is 5.40. The van der Waals surface area contributed by atoms with E-state index in [9.17, 15) is 9.59 Å². The lowest BCUT2D eigenvalue weighted by atomic mass is 9.80. The Labute approximate surface area is 266 Å². The number of likely N-dealkylation sites (tertiary alicyclic amines) is 1. The molecular weight excluding hydrogens is 534 g/mol. The maximum Gasteiger partial charge on any atom is 0.254 e. The van der Waals surface area contributed by atoms with Crippen LogP contribution in [0.2, 0.25) is 0 Å². The maximum atomic E-state index is 11.8. The van der Waals surface area contributed by atoms with Crippen molar-refractivity contribution >= 4 is 11.8 Å². The molecule has 0 N–H and O–H groups in total. The first kappa shape index (κ1) is 41.1. The van der Waals surface area contributed by atoms with E-state index in [1.54, 1.807) is 0 Å². The van der Waals surface area contributed by atoms with Crippen LogP contribution in [0.3, 0.4) is 0 Å². The van der Waals surface area contributed by atoms with E-state index >= 15 is 0 Å². The molecule has 250 valence electrons. The summed E-state index contributed by atoms with van der Waals surface area (Å²) in [6.45, 7) is 31.1. The van der Waals surface area contributed by atoms with Gasteiger partial charge in [0.2, 0.25) is 5.91 Å². The number of carbonyl (C=O) groups is 2. The molecule has 0 aromatic heterocycles. The van der Waals surface area contributed by atoms with Gasteiger partial charge < -0.3 is 14.5 Å². The standard InChI is InChI=1S/C11H13NO.C8H16.C7H15NO.C7H13NO.2C2H6/c1-8(2)12-7-9-5-3-4-6-10(9)11(12)13;1-7(2)6-8-4-3-5-8;1-7(2)8-3-5-9-6-4-8;1-6(2)8-5-3-4-7(8)9;2*1-2/h3-6,8H,7H2,1-2H3;7-8H,3-6H2,1-2H3;7H,3-6H2,1-2H3;6H,3-5H2,1-2H3;2*1-2H3. The Kier molecular flexibility index (Phi) is 22.4. The molecule has 1 aromatic rings. The number of carbonyl (C=O) groups excluding carboxylic acids is 2. The van der Waals surface area contributed by atoms with Crippen LogP contribution in [0.5, 0.6) is 0 Å². The monoisotopic (exact) mass is 604 g/mol. The highest BCUT2D eigenvalue weighted by Crippen LogP contribution is 2.31. The van der Waals surface area contributed by atoms with Gasteiger partial charge in [-0.2, -0.15) is 0 Å². The molecule has 2 saturated heterocycles. The Morgan fingerprint density at radius 2 is 1.30 bits per heavy atom. The Hall–Kier alpha value is -1.92. The topological polar surface area (TPSA) is 53.1 Å². The molecule has 0 spiro atoms. The van der Waals surface area contributed by atoms with Gasteiger partial charge in [-0.25, -0.2) is 0 Å². The van der Waals surface area contributed by atoms with Crippen molar-refractivity contribution in [2.24, 2.45) is 11.8 Å². The lowest BCUT2D eigenvalue weighted by Gasteiger charge is -2.29. The Balaban J connectivity index is 0.000000535. The average molecular weight is 604 g/mol. The number of morpholine rings is 1. The maximum absolute atomic E-state index is 11.8. The minimum atomic E-state index is 0.172. The third kappa shape index (κ3) is 15.6. The fourth-order valence-corrected chi connectivity index (χ4v) is 5.40. The van der Waals surface area contributed by atoms with E-state index in [2.05, 4.69) is 46.4 Å². The summed E-state index contributed by atoms with van der Waals surface area (Å²) >= 11 is 0. The van der Waals surface area contributed by atoms with Gasteiger partial charge in [0.05, 0.1) is 13.2 Å². The highest BCUT2D eigenvalue weighted by molar-refractivity contribution is 5.98. The van der Waals surface area contributed by atoms with Crippen molar-refractivity contribution in [3.05, 3.63) is 35.4 Å². The molecule has 0 atom stereocenters. The summed E-state index contributed by atoms with van der Waals surface area (Å²) in [5, 5.41) is 0. The molecule has 1 aromatic carbocycles. The van der Waals surface area contributed by atoms with Crippen molar-refractivity contribution in [2.45, 2.75) is 146 Å². The van der Waals surface area contributed by atoms with Crippen molar-refractivity contribution in [3.63, 3.8) is 0 Å². The number of fused-ring (bicyclic) bond motifs is 1. The first-order chi connectivity index (χ1) is 20.5. The Morgan fingerprint density at radius 1 is 0.744 bits per heavy atom. The minimum absolute atomic E-state index is 0.172. The molecule has 6 heteroatoms. The second-order valence-electron chi connectivity index (χ2n) is 12.6. The van der Waals surface area contributed by atoms with Gasteiger partial charge in [0.15, 0.2) is 0 Å². The second-order valence-corrected chi connectivity index (χ2v) is 12.6. The predicted molar refractivity (Wildman–Crippen MR) is 185 cm³/mol. The van der Waals surface area contributed by atoms with Crippen LogP contribution in [0.4, 0.5) is 0 Å². The van der Waals surface area contributed by atoms with Crippen LogP contribution < -0.4 is 0 Å². The van der Waals surface area contributed by atoms with E-state index in [1.807, 2.05) is 75.6 Å². The van der Waals surface area contributed by atoms with Crippen molar-refractivity contribution < 1.29 is 14.3 Å². The molecule has 3 heterocycles. The van der Waals surface area contributed by atoms with Crippen LogP contribution in [0.25, 0.3) is 0 Å². The van der Waals surface area contributed by atoms with Gasteiger partial charge in [0.25, 0.3) is 5.91 Å². The smallest absolute Gasteiger partial charge is 0.254 e. The van der Waals surface area contributed by atoms with Crippen LogP contribution in [-0.4, -0.2) is 77.5 Å². The zero-order valence-corrected chi connectivity index (χ0v) is 30.2. The van der Waals surface area contributed by atoms with Gasteiger partial charge in [-0.05, 0) is 77.8 Å². The highest BCUT2D eigenvalue weighted by Gasteiger charge is 2.28. The van der Waals surface area contributed by atoms with E-state index in [0.29, 0.717) is 24.0 Å². The summed E-state index contributed by atoms with van der Waals surface area (Å²) in [6.07, 6.45) is 7.81. The summed E-state index contributed by atoms with van der Waals surface area (Å²) in [5.41, 5.74) is 2.03. The molecule has 0 bridgehead atoms. The van der Waals surface area contributed by atoms with E-state index in [-0.39, 0.29) is 5.91 Å². The number of hydrogen-bond donors (Lipinski definition) is 0. The summed E-state index contributed by atoms with van der Waals surface area (Å²) < 4.78 is 5.21. The van der Waals surface area contributed by atoms with E-state index in [0.717, 1.165) is 75.2 Å². The van der Waals surface area contributed by atoms with Gasteiger partial charge in [-0.3, -0.25) is 14.5 Å². The molecule has 5 rings (SSSR count). The van der Waals surface area contributed by atoms with Gasteiger partial charge in [0, 0.05) is 56.3 Å². The molecule has 2 amide bonds. The summed E-state index contributed by atoms with van der Waals surface area (Å²) in [4.78, 5) is 29.0. The third-order valence-electron chi connectivity index (χ3n) is 8.01. The second kappa shape index (κ2) is 23.5. The zero-order chi connectivity index (χ0) is 32.9. The van der Waals surface area contributed by atoms with Crippen LogP contribution in [-0.2, 0) is 16.1 Å². The molecule has 0 radical (unpaired) electrons. The number of hydrogen-bond acceptors (Lipinski definition) is 4. The lowest BCUT2D eigenvalue weighted by Crippen LogP contribution is -2.40. The number of amides is 2. The summed E-state index contributed by atoms with van der Waals surface area (Å²) in [5.74, 6) is 2.53. The van der Waals surface area contributed by atoms with E-state index < -0.39 is 0 Å². The zero-order valence-electron chi connectivity index (χ0n) is 30.2. The Bertz CT molecular complexity index is 858.